The molecule has 0 fully saturated rings. The highest BCUT2D eigenvalue weighted by molar-refractivity contribution is 6.31. The monoisotopic (exact) mass is 313 g/mol. The molecular weight excluding hydrogens is 300 g/mol. The molecule has 0 aliphatic rings. The number of aromatic hydroxyl groups is 1. The zero-order chi connectivity index (χ0) is 15.9. The lowest BCUT2D eigenvalue weighted by molar-refractivity contribution is -0.247. The van der Waals surface area contributed by atoms with Crippen molar-refractivity contribution in [3.8, 4) is 5.75 Å². The van der Waals surface area contributed by atoms with Crippen LogP contribution < -0.4 is 0 Å². The van der Waals surface area contributed by atoms with Crippen LogP contribution in [0.25, 0.3) is 0 Å². The Morgan fingerprint density at radius 1 is 1.25 bits per heavy atom. The molecule has 1 radical (unpaired) electrons. The van der Waals surface area contributed by atoms with Gasteiger partial charge in [-0.15, -0.1) is 0 Å². The lowest BCUT2D eigenvalue weighted by Crippen LogP contribution is -2.46. The van der Waals surface area contributed by atoms with Gasteiger partial charge < -0.3 is 10.2 Å². The average Bonchev–Trinajstić information content (AvgIpc) is 2.20. The Bertz CT molecular complexity index is 510. The van der Waals surface area contributed by atoms with Crippen LogP contribution in [0.15, 0.2) is 12.1 Å². The normalized spacial score (nSPS) is 16.1. The second-order valence-electron chi connectivity index (χ2n) is 5.35. The van der Waals surface area contributed by atoms with Crippen molar-refractivity contribution in [2.24, 2.45) is 0 Å². The first-order chi connectivity index (χ1) is 8.79. The van der Waals surface area contributed by atoms with E-state index in [0.717, 1.165) is 12.1 Å². The minimum Gasteiger partial charge on any atom is -0.508 e. The number of phenolic OH excluding ortho intramolecular Hbond substituents is 1. The largest absolute Gasteiger partial charge is 0.508 e. The van der Waals surface area contributed by atoms with E-state index in [2.05, 4.69) is 6.92 Å². The molecule has 20 heavy (non-hydrogen) atoms. The molecule has 2 N–H and O–H groups in total. The Morgan fingerprint density at radius 2 is 1.75 bits per heavy atom. The summed E-state index contributed by atoms with van der Waals surface area (Å²) in [5.74, 6) is -1.31. The maximum atomic E-state index is 13.4. The smallest absolute Gasteiger partial charge is 0.417 e. The molecule has 0 aliphatic heterocycles. The van der Waals surface area contributed by atoms with Gasteiger partial charge >= 0.3 is 6.18 Å². The van der Waals surface area contributed by atoms with Crippen molar-refractivity contribution >= 4 is 11.6 Å². The molecule has 1 aromatic rings. The molecule has 1 rings (SSSR count). The maximum absolute atomic E-state index is 13.4. The molecule has 113 valence electrons. The molecule has 0 saturated carbocycles. The first-order valence-corrected chi connectivity index (χ1v) is 5.99. The van der Waals surface area contributed by atoms with Crippen molar-refractivity contribution in [2.75, 3.05) is 0 Å². The van der Waals surface area contributed by atoms with E-state index in [4.69, 9.17) is 11.6 Å². The summed E-state index contributed by atoms with van der Waals surface area (Å²) in [7, 11) is 0. The van der Waals surface area contributed by atoms with Crippen molar-refractivity contribution in [3.05, 3.63) is 35.5 Å². The summed E-state index contributed by atoms with van der Waals surface area (Å²) in [6.45, 7) is 5.35. The first kappa shape index (κ1) is 17.0. The van der Waals surface area contributed by atoms with E-state index in [0.29, 0.717) is 0 Å². The molecule has 1 atom stereocenters. The maximum Gasteiger partial charge on any atom is 0.417 e. The van der Waals surface area contributed by atoms with Gasteiger partial charge in [-0.05, 0) is 30.9 Å². The van der Waals surface area contributed by atoms with Gasteiger partial charge in [0.15, 0.2) is 5.60 Å². The van der Waals surface area contributed by atoms with Crippen molar-refractivity contribution < 1.29 is 27.8 Å². The van der Waals surface area contributed by atoms with E-state index in [1.165, 1.54) is 13.8 Å². The number of rotatable bonds is 3. The number of halogens is 5. The summed E-state index contributed by atoms with van der Waals surface area (Å²) in [5.41, 5.74) is -4.89. The third kappa shape index (κ3) is 3.17. The fourth-order valence-electron chi connectivity index (χ4n) is 2.10. The fraction of sp³-hybridized carbons (Fsp3) is 0.462. The summed E-state index contributed by atoms with van der Waals surface area (Å²) < 4.78 is 51.4. The molecular formula is C13H14ClF4O2. The van der Waals surface area contributed by atoms with Crippen molar-refractivity contribution in [2.45, 2.75) is 37.5 Å². The average molecular weight is 314 g/mol. The second-order valence-corrected chi connectivity index (χ2v) is 5.72. The lowest BCUT2D eigenvalue weighted by Gasteiger charge is -2.36. The van der Waals surface area contributed by atoms with Crippen LogP contribution in [0.1, 0.15) is 25.8 Å². The van der Waals surface area contributed by atoms with Gasteiger partial charge in [0.2, 0.25) is 0 Å². The zero-order valence-electron chi connectivity index (χ0n) is 10.9. The van der Waals surface area contributed by atoms with E-state index >= 15 is 0 Å². The summed E-state index contributed by atoms with van der Waals surface area (Å²) in [4.78, 5) is 0. The van der Waals surface area contributed by atoms with Gasteiger partial charge in [-0.2, -0.15) is 13.2 Å². The van der Waals surface area contributed by atoms with Gasteiger partial charge in [0.05, 0.1) is 5.02 Å². The summed E-state index contributed by atoms with van der Waals surface area (Å²) in [6, 6.07) is 1.89. The van der Waals surface area contributed by atoms with Crippen LogP contribution in [0, 0.1) is 12.7 Å². The van der Waals surface area contributed by atoms with Crippen LogP contribution in [0.3, 0.4) is 0 Å². The Kier molecular flexibility index (Phi) is 4.32. The lowest BCUT2D eigenvalue weighted by atomic mass is 9.75. The van der Waals surface area contributed by atoms with Crippen LogP contribution >= 0.6 is 11.6 Å². The minimum absolute atomic E-state index is 0.203. The number of hydrogen-bond donors (Lipinski definition) is 2. The van der Waals surface area contributed by atoms with Crippen LogP contribution in [0.5, 0.6) is 5.75 Å². The zero-order valence-corrected chi connectivity index (χ0v) is 11.6. The predicted octanol–water partition coefficient (Wildman–Crippen LogP) is 3.98. The molecule has 7 heteroatoms. The molecule has 0 aliphatic carbocycles. The molecule has 0 aromatic heterocycles. The number of phenols is 1. The van der Waals surface area contributed by atoms with Crippen LogP contribution in [-0.4, -0.2) is 22.0 Å². The molecule has 0 amide bonds. The van der Waals surface area contributed by atoms with Gasteiger partial charge in [-0.3, -0.25) is 0 Å². The Morgan fingerprint density at radius 3 is 2.20 bits per heavy atom. The minimum atomic E-state index is -4.96. The molecule has 0 bridgehead atoms. The van der Waals surface area contributed by atoms with Gasteiger partial charge in [-0.1, -0.05) is 25.4 Å². The van der Waals surface area contributed by atoms with Gasteiger partial charge in [-0.25, -0.2) is 4.39 Å². The van der Waals surface area contributed by atoms with E-state index < -0.39 is 40.2 Å². The Labute approximate surface area is 119 Å². The highest BCUT2D eigenvalue weighted by Crippen LogP contribution is 2.45. The number of hydrogen-bond acceptors (Lipinski definition) is 2. The number of aliphatic hydroxyl groups is 1. The Balaban J connectivity index is 3.29. The Hall–Kier alpha value is -1.01. The highest BCUT2D eigenvalue weighted by atomic mass is 35.5. The van der Waals surface area contributed by atoms with Gasteiger partial charge in [0.25, 0.3) is 0 Å². The number of benzene rings is 1. The second kappa shape index (κ2) is 5.07. The molecule has 1 aromatic carbocycles. The summed E-state index contributed by atoms with van der Waals surface area (Å²) in [6.07, 6.45) is -5.85. The molecule has 1 unspecified atom stereocenters. The number of alkyl halides is 3. The van der Waals surface area contributed by atoms with Crippen LogP contribution in [0.4, 0.5) is 17.6 Å². The SMILES string of the molecule is [CH2]C(O)(CC(C)(C)c1c(O)ccc(F)c1Cl)C(F)(F)F. The van der Waals surface area contributed by atoms with Crippen molar-refractivity contribution in [1.82, 2.24) is 0 Å². The topological polar surface area (TPSA) is 40.5 Å². The van der Waals surface area contributed by atoms with Gasteiger partial charge in [0.1, 0.15) is 11.6 Å². The summed E-state index contributed by atoms with van der Waals surface area (Å²) in [5, 5.41) is 18.7. The van der Waals surface area contributed by atoms with E-state index in [1.807, 2.05) is 0 Å². The van der Waals surface area contributed by atoms with Crippen molar-refractivity contribution in [3.63, 3.8) is 0 Å². The molecule has 0 saturated heterocycles. The summed E-state index contributed by atoms with van der Waals surface area (Å²) >= 11 is 5.71. The van der Waals surface area contributed by atoms with Gasteiger partial charge in [0, 0.05) is 5.56 Å². The van der Waals surface area contributed by atoms with Crippen molar-refractivity contribution in [1.29, 1.82) is 0 Å². The third-order valence-electron chi connectivity index (χ3n) is 3.01. The quantitative estimate of drug-likeness (QED) is 0.829. The third-order valence-corrected chi connectivity index (χ3v) is 3.38. The standard InChI is InChI=1S/C13H14ClF4O2/c1-11(2,6-12(3,20)13(16,17)18)9-8(19)5-4-7(15)10(9)14/h4-5,19-20H,3,6H2,1-2H3. The molecule has 2 nitrogen and oxygen atoms in total. The van der Waals surface area contributed by atoms with E-state index in [-0.39, 0.29) is 5.56 Å². The van der Waals surface area contributed by atoms with E-state index in [1.54, 1.807) is 0 Å². The first-order valence-electron chi connectivity index (χ1n) is 5.61. The molecule has 0 spiro atoms. The van der Waals surface area contributed by atoms with Crippen LogP contribution in [-0.2, 0) is 5.41 Å². The van der Waals surface area contributed by atoms with Crippen LogP contribution in [0.2, 0.25) is 5.02 Å². The molecule has 0 heterocycles. The fourth-order valence-corrected chi connectivity index (χ4v) is 2.52. The van der Waals surface area contributed by atoms with E-state index in [9.17, 15) is 27.8 Å². The highest BCUT2D eigenvalue weighted by Gasteiger charge is 2.53. The predicted molar refractivity (Wildman–Crippen MR) is 67.1 cm³/mol.